The van der Waals surface area contributed by atoms with Gasteiger partial charge in [-0.15, -0.1) is 0 Å². The molecular formula is C25H33N3O6. The van der Waals surface area contributed by atoms with Crippen LogP contribution in [0.4, 0.5) is 10.5 Å². The van der Waals surface area contributed by atoms with E-state index in [0.717, 1.165) is 25.7 Å². The number of imide groups is 1. The third-order valence-electron chi connectivity index (χ3n) is 5.91. The summed E-state index contributed by atoms with van der Waals surface area (Å²) >= 11 is 0. The first-order valence-corrected chi connectivity index (χ1v) is 11.8. The van der Waals surface area contributed by atoms with Crippen LogP contribution in [0.1, 0.15) is 80.0 Å². The smallest absolute Gasteiger partial charge is 0.407 e. The molecule has 184 valence electrons. The minimum Gasteiger partial charge on any atom is -0.444 e. The zero-order chi connectivity index (χ0) is 24.9. The molecule has 34 heavy (non-hydrogen) atoms. The highest BCUT2D eigenvalue weighted by molar-refractivity contribution is 6.30. The molecule has 3 rings (SSSR count). The zero-order valence-corrected chi connectivity index (χ0v) is 20.0. The third kappa shape index (κ3) is 6.21. The Kier molecular flexibility index (Phi) is 8.06. The second-order valence-electron chi connectivity index (χ2n) is 9.76. The molecule has 1 aliphatic heterocycles. The van der Waals surface area contributed by atoms with Crippen molar-refractivity contribution in [2.24, 2.45) is 11.8 Å². The quantitative estimate of drug-likeness (QED) is 0.286. The number of Topliss-reactive ketones (excluding diaryl/α,β-unsaturated/α-hetero) is 2. The molecule has 1 fully saturated rings. The van der Waals surface area contributed by atoms with Crippen molar-refractivity contribution in [1.82, 2.24) is 10.6 Å². The van der Waals surface area contributed by atoms with Gasteiger partial charge in [-0.1, -0.05) is 25.0 Å². The van der Waals surface area contributed by atoms with Crippen LogP contribution >= 0.6 is 0 Å². The Bertz CT molecular complexity index is 981. The molecule has 0 aromatic heterocycles. The maximum atomic E-state index is 13.1. The van der Waals surface area contributed by atoms with Gasteiger partial charge in [-0.25, -0.2) is 4.79 Å². The van der Waals surface area contributed by atoms with E-state index in [1.54, 1.807) is 18.2 Å². The van der Waals surface area contributed by atoms with Crippen LogP contribution in [0.3, 0.4) is 0 Å². The van der Waals surface area contributed by atoms with Crippen LogP contribution in [0.15, 0.2) is 18.2 Å². The van der Waals surface area contributed by atoms with Crippen molar-refractivity contribution in [3.63, 3.8) is 0 Å². The monoisotopic (exact) mass is 471 g/mol. The van der Waals surface area contributed by atoms with E-state index in [0.29, 0.717) is 29.9 Å². The molecule has 3 amide bonds. The number of amides is 3. The Balaban J connectivity index is 1.46. The number of carbonyl (C=O) groups excluding carboxylic acids is 5. The number of ether oxygens (including phenoxy) is 1. The number of fused-ring (bicyclic) bond motifs is 1. The van der Waals surface area contributed by atoms with Crippen molar-refractivity contribution in [2.45, 2.75) is 64.9 Å². The van der Waals surface area contributed by atoms with Crippen molar-refractivity contribution in [1.29, 1.82) is 0 Å². The normalized spacial score (nSPS) is 20.1. The number of ketones is 2. The minimum atomic E-state index is -1.07. The van der Waals surface area contributed by atoms with E-state index >= 15 is 0 Å². The molecule has 3 N–H and O–H groups in total. The van der Waals surface area contributed by atoms with E-state index < -0.39 is 29.4 Å². The largest absolute Gasteiger partial charge is 0.444 e. The predicted molar refractivity (Wildman–Crippen MR) is 126 cm³/mol. The second-order valence-corrected chi connectivity index (χ2v) is 9.76. The number of piperidine rings is 1. The Morgan fingerprint density at radius 2 is 1.74 bits per heavy atom. The van der Waals surface area contributed by atoms with Gasteiger partial charge in [0.25, 0.3) is 0 Å². The predicted octanol–water partition coefficient (Wildman–Crippen LogP) is 3.23. The molecule has 0 radical (unpaired) electrons. The lowest BCUT2D eigenvalue weighted by Crippen LogP contribution is -2.46. The molecule has 0 spiro atoms. The Labute approximate surface area is 199 Å². The van der Waals surface area contributed by atoms with Gasteiger partial charge < -0.3 is 15.4 Å². The van der Waals surface area contributed by atoms with Crippen molar-refractivity contribution in [3.05, 3.63) is 29.3 Å². The second kappa shape index (κ2) is 10.8. The highest BCUT2D eigenvalue weighted by Crippen LogP contribution is 2.38. The van der Waals surface area contributed by atoms with E-state index in [1.807, 2.05) is 20.8 Å². The van der Waals surface area contributed by atoms with Gasteiger partial charge in [0.2, 0.25) is 11.8 Å². The van der Waals surface area contributed by atoms with Gasteiger partial charge in [0.15, 0.2) is 11.6 Å². The summed E-state index contributed by atoms with van der Waals surface area (Å²) in [6.45, 7) is 6.63. The lowest BCUT2D eigenvalue weighted by molar-refractivity contribution is -0.137. The first kappa shape index (κ1) is 25.4. The third-order valence-corrected chi connectivity index (χ3v) is 5.91. The average molecular weight is 472 g/mol. The topological polar surface area (TPSA) is 131 Å². The first-order chi connectivity index (χ1) is 16.1. The highest BCUT2D eigenvalue weighted by atomic mass is 16.6. The van der Waals surface area contributed by atoms with Crippen molar-refractivity contribution in [2.75, 3.05) is 18.4 Å². The number of benzene rings is 1. The van der Waals surface area contributed by atoms with Crippen molar-refractivity contribution >= 4 is 35.2 Å². The average Bonchev–Trinajstić information content (AvgIpc) is 3.00. The van der Waals surface area contributed by atoms with Gasteiger partial charge in [0.05, 0.1) is 17.4 Å². The van der Waals surface area contributed by atoms with Crippen LogP contribution in [0, 0.1) is 11.8 Å². The number of carbonyl (C=O) groups is 5. The van der Waals surface area contributed by atoms with Crippen molar-refractivity contribution in [3.8, 4) is 0 Å². The molecule has 2 atom stereocenters. The summed E-state index contributed by atoms with van der Waals surface area (Å²) in [6.07, 6.45) is 3.47. The first-order valence-electron chi connectivity index (χ1n) is 11.8. The summed E-state index contributed by atoms with van der Waals surface area (Å²) in [4.78, 5) is 61.4. The number of rotatable bonds is 9. The zero-order valence-electron chi connectivity index (χ0n) is 20.0. The molecule has 2 unspecified atom stereocenters. The molecule has 9 heteroatoms. The summed E-state index contributed by atoms with van der Waals surface area (Å²) in [5.41, 5.74) is 0.750. The molecule has 1 heterocycles. The fraction of sp³-hybridized carbons (Fsp3) is 0.560. The molecule has 1 aliphatic carbocycles. The van der Waals surface area contributed by atoms with Crippen LogP contribution in [0.2, 0.25) is 0 Å². The molecule has 1 aromatic rings. The molecule has 1 aromatic carbocycles. The van der Waals surface area contributed by atoms with Gasteiger partial charge in [-0.2, -0.15) is 0 Å². The summed E-state index contributed by atoms with van der Waals surface area (Å²) in [5.74, 6) is -3.51. The highest BCUT2D eigenvalue weighted by Gasteiger charge is 2.48. The van der Waals surface area contributed by atoms with Crippen LogP contribution < -0.4 is 16.0 Å². The van der Waals surface area contributed by atoms with Gasteiger partial charge in [-0.3, -0.25) is 24.5 Å². The molecule has 2 aliphatic rings. The maximum Gasteiger partial charge on any atom is 0.407 e. The molecule has 0 saturated carbocycles. The lowest BCUT2D eigenvalue weighted by Gasteiger charge is -2.24. The molecule has 1 saturated heterocycles. The summed E-state index contributed by atoms with van der Waals surface area (Å²) < 4.78 is 5.19. The van der Waals surface area contributed by atoms with E-state index in [4.69, 9.17) is 4.74 Å². The van der Waals surface area contributed by atoms with Crippen LogP contribution in [0.25, 0.3) is 0 Å². The van der Waals surface area contributed by atoms with Crippen LogP contribution in [0.5, 0.6) is 0 Å². The maximum absolute atomic E-state index is 13.1. The fourth-order valence-corrected chi connectivity index (χ4v) is 4.34. The van der Waals surface area contributed by atoms with Gasteiger partial charge in [0.1, 0.15) is 5.60 Å². The number of hydrogen-bond acceptors (Lipinski definition) is 7. The van der Waals surface area contributed by atoms with E-state index in [2.05, 4.69) is 16.0 Å². The standard InChI is InChI=1S/C25H33N3O6/c1-25(2,3)34-24(33)27-14-7-5-4-6-13-26-17-10-8-9-15-19(17)22(31)20(21(15)30)16-11-12-18(29)28-23(16)32/h8-10,16,20,26H,4-7,11-14H2,1-3H3,(H,27,33)(H,28,29,32). The lowest BCUT2D eigenvalue weighted by atomic mass is 9.82. The van der Waals surface area contributed by atoms with E-state index in [9.17, 15) is 24.0 Å². The van der Waals surface area contributed by atoms with Crippen LogP contribution in [-0.2, 0) is 14.3 Å². The van der Waals surface area contributed by atoms with E-state index in [1.165, 1.54) is 0 Å². The SMILES string of the molecule is CC(C)(C)OC(=O)NCCCCCCNc1cccc2c1C(=O)C(C1CCC(=O)NC1=O)C2=O. The van der Waals surface area contributed by atoms with Gasteiger partial charge in [-0.05, 0) is 46.1 Å². The summed E-state index contributed by atoms with van der Waals surface area (Å²) in [6, 6.07) is 5.10. The number of alkyl carbamates (subject to hydrolysis) is 1. The number of nitrogens with one attached hydrogen (secondary N) is 3. The Morgan fingerprint density at radius 3 is 2.41 bits per heavy atom. The van der Waals surface area contributed by atoms with Crippen LogP contribution in [-0.4, -0.2) is 48.2 Å². The molecule has 0 bridgehead atoms. The van der Waals surface area contributed by atoms with Gasteiger partial charge >= 0.3 is 6.09 Å². The molecular weight excluding hydrogens is 438 g/mol. The number of anilines is 1. The summed E-state index contributed by atoms with van der Waals surface area (Å²) in [5, 5.41) is 8.23. The fourth-order valence-electron chi connectivity index (χ4n) is 4.34. The van der Waals surface area contributed by atoms with Gasteiger partial charge in [0, 0.05) is 30.8 Å². The minimum absolute atomic E-state index is 0.127. The van der Waals surface area contributed by atoms with Crippen molar-refractivity contribution < 1.29 is 28.7 Å². The Hall–Kier alpha value is -3.23. The van der Waals surface area contributed by atoms with E-state index in [-0.39, 0.29) is 30.3 Å². The Morgan fingerprint density at radius 1 is 1.03 bits per heavy atom. The number of hydrogen-bond donors (Lipinski definition) is 3. The molecule has 9 nitrogen and oxygen atoms in total. The number of unbranched alkanes of at least 4 members (excludes halogenated alkanes) is 3. The summed E-state index contributed by atoms with van der Waals surface area (Å²) in [7, 11) is 0.